The first kappa shape index (κ1) is 24.6. The zero-order chi connectivity index (χ0) is 15.5. The molecule has 0 aromatic rings. The average molecular weight is 355 g/mol. The molecule has 0 radical (unpaired) electrons. The molecule has 0 aliphatic heterocycles. The van der Waals surface area contributed by atoms with E-state index < -0.39 is 20.0 Å². The Morgan fingerprint density at radius 3 is 1.60 bits per heavy atom. The number of carbonyl (C=O) groups is 1. The maximum atomic E-state index is 10.5. The van der Waals surface area contributed by atoms with Crippen LogP contribution in [-0.4, -0.2) is 61.4 Å². The van der Waals surface area contributed by atoms with E-state index in [1.54, 1.807) is 0 Å². The summed E-state index contributed by atoms with van der Waals surface area (Å²) in [5.74, 6) is -0.166. The van der Waals surface area contributed by atoms with Gasteiger partial charge in [0.05, 0.1) is 12.5 Å². The fourth-order valence-electron chi connectivity index (χ4n) is 0.719. The fraction of sp³-hybridized carbons (Fsp3) is 0.875. The van der Waals surface area contributed by atoms with Crippen molar-refractivity contribution in [2.45, 2.75) is 6.92 Å². The zero-order valence-corrected chi connectivity index (χ0v) is 14.1. The average Bonchev–Trinajstić information content (AvgIpc) is 2.20. The Morgan fingerprint density at radius 1 is 0.950 bits per heavy atom. The molecule has 0 bridgehead atoms. The van der Waals surface area contributed by atoms with Crippen molar-refractivity contribution in [1.29, 1.82) is 0 Å². The van der Waals surface area contributed by atoms with Gasteiger partial charge in [0, 0.05) is 33.1 Å². The third-order valence-corrected chi connectivity index (χ3v) is 2.83. The number of sulfonamides is 2. The molecule has 1 amide bonds. The van der Waals surface area contributed by atoms with Gasteiger partial charge in [0.25, 0.3) is 0 Å². The lowest BCUT2D eigenvalue weighted by atomic mass is 10.6. The Balaban J connectivity index is -0.000000288. The number of carbonyl (C=O) groups excluding carboxylic acids is 1. The fourth-order valence-corrected chi connectivity index (χ4v) is 1.68. The third-order valence-electron chi connectivity index (χ3n) is 1.37. The second kappa shape index (κ2) is 12.3. The molecule has 0 spiro atoms. The van der Waals surface area contributed by atoms with Crippen molar-refractivity contribution in [1.82, 2.24) is 14.8 Å². The lowest BCUT2D eigenvalue weighted by Gasteiger charge is -2.01. The Kier molecular flexibility index (Phi) is 15.1. The summed E-state index contributed by atoms with van der Waals surface area (Å²) >= 11 is 0. The van der Waals surface area contributed by atoms with Crippen molar-refractivity contribution in [3.63, 3.8) is 0 Å². The molecule has 5 N–H and O–H groups in total. The Labute approximate surface area is 126 Å². The van der Waals surface area contributed by atoms with Crippen LogP contribution >= 0.6 is 12.4 Å². The van der Waals surface area contributed by atoms with Crippen molar-refractivity contribution in [2.75, 3.05) is 38.7 Å². The highest BCUT2D eigenvalue weighted by Gasteiger charge is 1.98. The van der Waals surface area contributed by atoms with Crippen molar-refractivity contribution in [3.8, 4) is 0 Å². The number of nitrogens with two attached hydrogens (primary N) is 1. The topological polar surface area (TPSA) is 147 Å². The summed E-state index contributed by atoms with van der Waals surface area (Å²) in [6.07, 6.45) is 2.17. The Bertz CT molecular complexity index is 451. The van der Waals surface area contributed by atoms with Crippen LogP contribution in [0.5, 0.6) is 0 Å². The molecule has 20 heavy (non-hydrogen) atoms. The van der Waals surface area contributed by atoms with E-state index in [0.29, 0.717) is 19.6 Å². The highest BCUT2D eigenvalue weighted by atomic mass is 35.5. The molecular weight excluding hydrogens is 332 g/mol. The zero-order valence-electron chi connectivity index (χ0n) is 11.7. The minimum absolute atomic E-state index is 0. The van der Waals surface area contributed by atoms with Crippen LogP contribution in [0.1, 0.15) is 6.92 Å². The van der Waals surface area contributed by atoms with Crippen LogP contribution in [0.3, 0.4) is 0 Å². The molecule has 0 aromatic heterocycles. The molecule has 0 heterocycles. The molecule has 9 nitrogen and oxygen atoms in total. The number of hydrogen-bond acceptors (Lipinski definition) is 6. The monoisotopic (exact) mass is 354 g/mol. The predicted octanol–water partition coefficient (Wildman–Crippen LogP) is -2.41. The number of rotatable bonds is 7. The number of nitrogens with one attached hydrogen (secondary N) is 3. The van der Waals surface area contributed by atoms with Crippen LogP contribution in [0, 0.1) is 0 Å². The SMILES string of the molecule is CC(=O)NCCNS(C)(=O)=O.CS(=O)(=O)NCCN.Cl. The van der Waals surface area contributed by atoms with Crippen LogP contribution in [0.2, 0.25) is 0 Å². The van der Waals surface area contributed by atoms with Gasteiger partial charge in [-0.25, -0.2) is 26.3 Å². The Hall–Kier alpha value is -0.460. The van der Waals surface area contributed by atoms with Gasteiger partial charge < -0.3 is 11.1 Å². The number of amides is 1. The summed E-state index contributed by atoms with van der Waals surface area (Å²) < 4.78 is 45.8. The van der Waals surface area contributed by atoms with Crippen LogP contribution in [0.15, 0.2) is 0 Å². The predicted molar refractivity (Wildman–Crippen MR) is 80.7 cm³/mol. The van der Waals surface area contributed by atoms with E-state index in [1.807, 2.05) is 0 Å². The van der Waals surface area contributed by atoms with E-state index >= 15 is 0 Å². The van der Waals surface area contributed by atoms with Crippen molar-refractivity contribution in [2.24, 2.45) is 5.73 Å². The van der Waals surface area contributed by atoms with Gasteiger partial charge in [-0.05, 0) is 0 Å². The van der Waals surface area contributed by atoms with Crippen LogP contribution in [0.4, 0.5) is 0 Å². The minimum Gasteiger partial charge on any atom is -0.355 e. The molecule has 0 rings (SSSR count). The summed E-state index contributed by atoms with van der Waals surface area (Å²) in [5, 5.41) is 2.45. The van der Waals surface area contributed by atoms with Crippen LogP contribution < -0.4 is 20.5 Å². The minimum atomic E-state index is -3.12. The van der Waals surface area contributed by atoms with Gasteiger partial charge in [0.1, 0.15) is 0 Å². The molecule has 0 fully saturated rings. The molecule has 0 saturated carbocycles. The summed E-state index contributed by atoms with van der Waals surface area (Å²) in [5.41, 5.74) is 5.01. The molecule has 124 valence electrons. The van der Waals surface area contributed by atoms with Gasteiger partial charge in [-0.2, -0.15) is 0 Å². The van der Waals surface area contributed by atoms with Crippen LogP contribution in [-0.2, 0) is 24.8 Å². The van der Waals surface area contributed by atoms with Gasteiger partial charge in [0.2, 0.25) is 26.0 Å². The number of hydrogen-bond donors (Lipinski definition) is 4. The second-order valence-electron chi connectivity index (χ2n) is 3.60. The first-order chi connectivity index (χ1) is 8.48. The maximum absolute atomic E-state index is 10.5. The van der Waals surface area contributed by atoms with E-state index in [4.69, 9.17) is 5.73 Å². The molecule has 0 aliphatic carbocycles. The quantitative estimate of drug-likeness (QED) is 0.374. The first-order valence-electron chi connectivity index (χ1n) is 5.31. The molecule has 0 atom stereocenters. The number of halogens is 1. The molecule has 0 aromatic carbocycles. The van der Waals surface area contributed by atoms with Gasteiger partial charge in [-0.15, -0.1) is 12.4 Å². The van der Waals surface area contributed by atoms with Gasteiger partial charge in [-0.3, -0.25) is 4.79 Å². The van der Waals surface area contributed by atoms with E-state index in [-0.39, 0.29) is 24.9 Å². The summed E-state index contributed by atoms with van der Waals surface area (Å²) in [4.78, 5) is 10.3. The van der Waals surface area contributed by atoms with Gasteiger partial charge in [0.15, 0.2) is 0 Å². The smallest absolute Gasteiger partial charge is 0.216 e. The van der Waals surface area contributed by atoms with Crippen molar-refractivity contribution >= 4 is 38.4 Å². The van der Waals surface area contributed by atoms with Crippen molar-refractivity contribution < 1.29 is 21.6 Å². The summed E-state index contributed by atoms with van der Waals surface area (Å²) in [6.45, 7) is 2.59. The molecule has 0 unspecified atom stereocenters. The van der Waals surface area contributed by atoms with Crippen LogP contribution in [0.25, 0.3) is 0 Å². The summed E-state index contributed by atoms with van der Waals surface area (Å²) in [7, 11) is -6.14. The third kappa shape index (κ3) is 30.5. The molecular formula is C8H23ClN4O5S2. The van der Waals surface area contributed by atoms with E-state index in [9.17, 15) is 21.6 Å². The van der Waals surface area contributed by atoms with Gasteiger partial charge in [-0.1, -0.05) is 0 Å². The van der Waals surface area contributed by atoms with Gasteiger partial charge >= 0.3 is 0 Å². The Morgan fingerprint density at radius 2 is 1.35 bits per heavy atom. The molecule has 12 heteroatoms. The van der Waals surface area contributed by atoms with E-state index in [1.165, 1.54) is 6.92 Å². The highest BCUT2D eigenvalue weighted by molar-refractivity contribution is 7.89. The standard InChI is InChI=1S/C5H12N2O3S.C3H10N2O2S.ClH/c1-5(8)6-3-4-7-11(2,9)10;1-8(6,7)5-3-2-4;/h7H,3-4H2,1-2H3,(H,6,8);5H,2-4H2,1H3;1H. The first-order valence-corrected chi connectivity index (χ1v) is 9.10. The highest BCUT2D eigenvalue weighted by Crippen LogP contribution is 1.70. The lowest BCUT2D eigenvalue weighted by molar-refractivity contribution is -0.118. The molecule has 0 aliphatic rings. The normalized spacial score (nSPS) is 10.8. The lowest BCUT2D eigenvalue weighted by Crippen LogP contribution is -2.32. The second-order valence-corrected chi connectivity index (χ2v) is 7.27. The van der Waals surface area contributed by atoms with Crippen molar-refractivity contribution in [3.05, 3.63) is 0 Å². The van der Waals surface area contributed by atoms with E-state index in [2.05, 4.69) is 14.8 Å². The molecule has 0 saturated heterocycles. The largest absolute Gasteiger partial charge is 0.355 e. The summed E-state index contributed by atoms with van der Waals surface area (Å²) in [6, 6.07) is 0. The van der Waals surface area contributed by atoms with E-state index in [0.717, 1.165) is 12.5 Å². The maximum Gasteiger partial charge on any atom is 0.216 e.